The number of hydrogen-bond acceptors (Lipinski definition) is 8. The van der Waals surface area contributed by atoms with Gasteiger partial charge < -0.3 is 20.5 Å². The maximum absolute atomic E-state index is 16.5. The molecule has 0 unspecified atom stereocenters. The zero-order valence-corrected chi connectivity index (χ0v) is 22.8. The van der Waals surface area contributed by atoms with E-state index < -0.39 is 23.3 Å². The number of terminal acetylenes is 1. The fourth-order valence-corrected chi connectivity index (χ4v) is 6.90. The number of rotatable bonds is 5. The molecule has 7 rings (SSSR count). The molecular weight excluding hydrogens is 545 g/mol. The van der Waals surface area contributed by atoms with Gasteiger partial charge in [0.1, 0.15) is 41.4 Å². The van der Waals surface area contributed by atoms with Crippen LogP contribution in [0.5, 0.6) is 11.8 Å². The second-order valence-electron chi connectivity index (χ2n) is 11.5. The summed E-state index contributed by atoms with van der Waals surface area (Å²) in [6.45, 7) is 2.48. The Morgan fingerprint density at radius 3 is 2.83 bits per heavy atom. The van der Waals surface area contributed by atoms with Crippen LogP contribution in [-0.2, 0) is 0 Å². The summed E-state index contributed by atoms with van der Waals surface area (Å²) in [5, 5.41) is 11.5. The van der Waals surface area contributed by atoms with Crippen molar-refractivity contribution in [1.29, 1.82) is 0 Å². The summed E-state index contributed by atoms with van der Waals surface area (Å²) in [6, 6.07) is 5.30. The monoisotopic (exact) mass is 574 g/mol. The summed E-state index contributed by atoms with van der Waals surface area (Å²) < 4.78 is 51.7. The molecule has 3 saturated heterocycles. The van der Waals surface area contributed by atoms with Gasteiger partial charge in [-0.15, -0.1) is 6.42 Å². The van der Waals surface area contributed by atoms with Gasteiger partial charge in [0.15, 0.2) is 5.82 Å². The first-order valence-corrected chi connectivity index (χ1v) is 14.1. The molecule has 0 bridgehead atoms. The molecule has 0 radical (unpaired) electrons. The first-order chi connectivity index (χ1) is 20.3. The largest absolute Gasteiger partial charge is 0.508 e. The Kier molecular flexibility index (Phi) is 6.36. The van der Waals surface area contributed by atoms with Crippen molar-refractivity contribution < 1.29 is 23.0 Å². The fourth-order valence-electron chi connectivity index (χ4n) is 6.90. The van der Waals surface area contributed by atoms with E-state index in [9.17, 15) is 13.9 Å². The molecule has 2 aromatic heterocycles. The maximum atomic E-state index is 16.5. The normalized spacial score (nSPS) is 24.0. The number of benzene rings is 2. The maximum Gasteiger partial charge on any atom is 0.319 e. The number of phenolic OH excluding ortho intramolecular Hbond substituents is 1. The molecule has 0 aliphatic carbocycles. The van der Waals surface area contributed by atoms with Crippen molar-refractivity contribution >= 4 is 27.5 Å². The second kappa shape index (κ2) is 10.00. The number of fused-ring (bicyclic) bond motifs is 3. The predicted octanol–water partition coefficient (Wildman–Crippen LogP) is 4.30. The van der Waals surface area contributed by atoms with Gasteiger partial charge >= 0.3 is 6.01 Å². The van der Waals surface area contributed by atoms with Crippen molar-refractivity contribution in [3.05, 3.63) is 47.7 Å². The van der Waals surface area contributed by atoms with E-state index in [1.807, 2.05) is 4.90 Å². The van der Waals surface area contributed by atoms with Gasteiger partial charge in [0.05, 0.1) is 16.5 Å². The molecule has 5 heterocycles. The van der Waals surface area contributed by atoms with Gasteiger partial charge in [-0.2, -0.15) is 9.97 Å². The van der Waals surface area contributed by atoms with E-state index >= 15 is 4.39 Å². The third kappa shape index (κ3) is 4.28. The molecule has 3 N–H and O–H groups in total. The van der Waals surface area contributed by atoms with Crippen molar-refractivity contribution in [3.63, 3.8) is 0 Å². The van der Waals surface area contributed by atoms with Crippen molar-refractivity contribution in [1.82, 2.24) is 19.9 Å². The third-order valence-corrected chi connectivity index (χ3v) is 8.85. The lowest BCUT2D eigenvalue weighted by atomic mass is 9.95. The quantitative estimate of drug-likeness (QED) is 0.341. The Hall–Kier alpha value is -4.14. The molecule has 8 nitrogen and oxygen atoms in total. The van der Waals surface area contributed by atoms with Crippen LogP contribution in [0, 0.1) is 24.0 Å². The Balaban J connectivity index is 1.38. The van der Waals surface area contributed by atoms with Crippen molar-refractivity contribution in [2.75, 3.05) is 37.7 Å². The number of aromatic nitrogens is 3. The van der Waals surface area contributed by atoms with E-state index in [2.05, 4.69) is 25.8 Å². The summed E-state index contributed by atoms with van der Waals surface area (Å²) in [6.07, 6.45) is 9.04. The van der Waals surface area contributed by atoms with Gasteiger partial charge in [-0.05, 0) is 49.4 Å². The topological polar surface area (TPSA) is 101 Å². The Morgan fingerprint density at radius 1 is 1.19 bits per heavy atom. The number of ether oxygens (including phenoxy) is 1. The summed E-state index contributed by atoms with van der Waals surface area (Å²) in [7, 11) is 0. The molecule has 216 valence electrons. The molecule has 0 spiro atoms. The van der Waals surface area contributed by atoms with Crippen LogP contribution in [0.25, 0.3) is 32.9 Å². The second-order valence-corrected chi connectivity index (χ2v) is 11.5. The summed E-state index contributed by atoms with van der Waals surface area (Å²) in [5.41, 5.74) is 5.59. The standard InChI is InChI=1S/C31H29F3N6O2/c1-2-21-24(33)5-4-17-10-20(41)11-22(25(17)21)27-26(34)28-23(13-36-27)29(39-9-6-19(35)15-39)38-30(37-28)42-16-31-7-3-8-40(31)14-18(32)12-31/h1,4-5,10-11,13,18-19,41H,3,6-9,12,14-16,35H2/t18-,19+,31+/m1/s1. The number of anilines is 1. The highest BCUT2D eigenvalue weighted by molar-refractivity contribution is 6.03. The van der Waals surface area contributed by atoms with Gasteiger partial charge in [-0.1, -0.05) is 12.0 Å². The summed E-state index contributed by atoms with van der Waals surface area (Å²) >= 11 is 0. The zero-order valence-electron chi connectivity index (χ0n) is 22.8. The SMILES string of the molecule is C#Cc1c(F)ccc2cc(O)cc(-c3ncc4c(N5CC[C@H](N)C5)nc(OC[C@@]56CCCN5C[C@H](F)C6)nc4c3F)c12. The number of halogens is 3. The summed E-state index contributed by atoms with van der Waals surface area (Å²) in [5.74, 6) is 1.18. The van der Waals surface area contributed by atoms with E-state index in [1.165, 1.54) is 30.5 Å². The van der Waals surface area contributed by atoms with Crippen molar-refractivity contribution in [2.45, 2.75) is 43.4 Å². The van der Waals surface area contributed by atoms with Crippen LogP contribution < -0.4 is 15.4 Å². The van der Waals surface area contributed by atoms with E-state index in [4.69, 9.17) is 16.9 Å². The lowest BCUT2D eigenvalue weighted by Gasteiger charge is -2.31. The zero-order chi connectivity index (χ0) is 29.2. The lowest BCUT2D eigenvalue weighted by Crippen LogP contribution is -2.43. The van der Waals surface area contributed by atoms with Gasteiger partial charge in [0, 0.05) is 49.2 Å². The van der Waals surface area contributed by atoms with Gasteiger partial charge in [0.25, 0.3) is 0 Å². The van der Waals surface area contributed by atoms with Crippen LogP contribution in [0.15, 0.2) is 30.5 Å². The number of pyridine rings is 1. The highest BCUT2D eigenvalue weighted by atomic mass is 19.1. The number of nitrogens with zero attached hydrogens (tertiary/aromatic N) is 5. The molecular formula is C31H29F3N6O2. The van der Waals surface area contributed by atoms with Crippen molar-refractivity contribution in [3.8, 4) is 35.4 Å². The lowest BCUT2D eigenvalue weighted by molar-refractivity contribution is 0.107. The Bertz CT molecular complexity index is 1780. The Morgan fingerprint density at radius 2 is 2.05 bits per heavy atom. The van der Waals surface area contributed by atoms with Gasteiger partial charge in [-0.3, -0.25) is 9.88 Å². The minimum absolute atomic E-state index is 0.0336. The van der Waals surface area contributed by atoms with Crippen LogP contribution in [-0.4, -0.2) is 75.5 Å². The van der Waals surface area contributed by atoms with Crippen LogP contribution in [0.2, 0.25) is 0 Å². The number of alkyl halides is 1. The number of hydrogen-bond donors (Lipinski definition) is 2. The molecule has 3 aliphatic heterocycles. The van der Waals surface area contributed by atoms with Gasteiger partial charge in [0.2, 0.25) is 0 Å². The van der Waals surface area contributed by atoms with E-state index in [1.54, 1.807) is 0 Å². The average molecular weight is 575 g/mol. The van der Waals surface area contributed by atoms with Crippen LogP contribution in [0.3, 0.4) is 0 Å². The molecule has 0 saturated carbocycles. The molecule has 4 aromatic rings. The van der Waals surface area contributed by atoms with Crippen LogP contribution in [0.4, 0.5) is 19.0 Å². The van der Waals surface area contributed by atoms with E-state index in [0.717, 1.165) is 25.8 Å². The molecule has 11 heteroatoms. The minimum atomic E-state index is -0.922. The minimum Gasteiger partial charge on any atom is -0.508 e. The fraction of sp³-hybridized carbons (Fsp3) is 0.387. The molecule has 3 atom stereocenters. The van der Waals surface area contributed by atoms with Crippen LogP contribution in [0.1, 0.15) is 31.2 Å². The molecule has 3 aliphatic rings. The highest BCUT2D eigenvalue weighted by Crippen LogP contribution is 2.42. The average Bonchev–Trinajstić information content (AvgIpc) is 3.65. The van der Waals surface area contributed by atoms with E-state index in [-0.39, 0.29) is 52.1 Å². The summed E-state index contributed by atoms with van der Waals surface area (Å²) in [4.78, 5) is 17.6. The van der Waals surface area contributed by atoms with Gasteiger partial charge in [-0.25, -0.2) is 13.2 Å². The van der Waals surface area contributed by atoms with Crippen LogP contribution >= 0.6 is 0 Å². The van der Waals surface area contributed by atoms with Crippen molar-refractivity contribution in [2.24, 2.45) is 5.73 Å². The molecule has 3 fully saturated rings. The smallest absolute Gasteiger partial charge is 0.319 e. The molecule has 0 amide bonds. The number of phenols is 1. The highest BCUT2D eigenvalue weighted by Gasteiger charge is 2.49. The number of aromatic hydroxyl groups is 1. The first-order valence-electron chi connectivity index (χ1n) is 14.1. The predicted molar refractivity (Wildman–Crippen MR) is 153 cm³/mol. The molecule has 42 heavy (non-hydrogen) atoms. The third-order valence-electron chi connectivity index (χ3n) is 8.85. The molecule has 2 aromatic carbocycles. The number of nitrogens with two attached hydrogens (primary N) is 1. The first kappa shape index (κ1) is 26.7. The van der Waals surface area contributed by atoms with E-state index in [0.29, 0.717) is 42.6 Å². The Labute approximate surface area is 240 Å².